The first kappa shape index (κ1) is 31.2. The van der Waals surface area contributed by atoms with E-state index in [1.54, 1.807) is 30.8 Å². The Morgan fingerprint density at radius 3 is 2.13 bits per heavy atom. The molecule has 0 amide bonds. The quantitative estimate of drug-likeness (QED) is 0.103. The molecule has 2 rings (SSSR count). The van der Waals surface area contributed by atoms with Crippen molar-refractivity contribution < 1.29 is 33.7 Å². The molecule has 38 heavy (non-hydrogen) atoms. The third-order valence-electron chi connectivity index (χ3n) is 5.89. The molecule has 0 aliphatic heterocycles. The molecule has 8 heteroatoms. The molecule has 0 unspecified atom stereocenters. The van der Waals surface area contributed by atoms with Crippen LogP contribution in [-0.4, -0.2) is 48.2 Å². The number of phenols is 1. The van der Waals surface area contributed by atoms with Crippen molar-refractivity contribution in [1.82, 2.24) is 0 Å². The number of hydrogen-bond donors (Lipinski definition) is 1. The van der Waals surface area contributed by atoms with Crippen molar-refractivity contribution >= 4 is 29.3 Å². The molecule has 0 radical (unpaired) electrons. The van der Waals surface area contributed by atoms with Crippen molar-refractivity contribution in [1.29, 1.82) is 0 Å². The number of phenolic OH excluding ortho intramolecular Hbond substituents is 1. The van der Waals surface area contributed by atoms with Gasteiger partial charge in [0.1, 0.15) is 17.2 Å². The standard InChI is InChI=1S/C30H40O7S/c1-6-10-24-26(15-13-23(21(5)32)30(24)37-17-9-12-28(33)35-8-3)36-18-19-38-27-16-14-22(20(4)31)29(34)25(27)11-7-2/h13-16,34H,6-12,17-19H2,1-5H3. The van der Waals surface area contributed by atoms with Crippen LogP contribution in [0, 0.1) is 0 Å². The number of ketones is 2. The van der Waals surface area contributed by atoms with E-state index < -0.39 is 0 Å². The SMILES string of the molecule is CCCc1c(SCCOc2ccc(C(C)=O)c(OCCCC(=O)OCC)c2CCC)ccc(C(C)=O)c1O. The summed E-state index contributed by atoms with van der Waals surface area (Å²) in [5, 5.41) is 10.6. The molecule has 208 valence electrons. The summed E-state index contributed by atoms with van der Waals surface area (Å²) >= 11 is 1.57. The third-order valence-corrected chi connectivity index (χ3v) is 6.96. The fourth-order valence-corrected chi connectivity index (χ4v) is 5.05. The lowest BCUT2D eigenvalue weighted by Gasteiger charge is -2.19. The summed E-state index contributed by atoms with van der Waals surface area (Å²) in [7, 11) is 0. The van der Waals surface area contributed by atoms with Crippen molar-refractivity contribution in [2.24, 2.45) is 0 Å². The van der Waals surface area contributed by atoms with Gasteiger partial charge in [-0.1, -0.05) is 26.7 Å². The van der Waals surface area contributed by atoms with E-state index in [1.807, 2.05) is 19.1 Å². The zero-order chi connectivity index (χ0) is 28.1. The predicted octanol–water partition coefficient (Wildman–Crippen LogP) is 6.60. The Kier molecular flexibility index (Phi) is 13.2. The van der Waals surface area contributed by atoms with Crippen LogP contribution in [0.25, 0.3) is 0 Å². The highest BCUT2D eigenvalue weighted by atomic mass is 32.2. The highest BCUT2D eigenvalue weighted by Crippen LogP contribution is 2.36. The maximum atomic E-state index is 12.3. The number of carbonyl (C=O) groups excluding carboxylic acids is 3. The number of esters is 1. The van der Waals surface area contributed by atoms with Crippen LogP contribution >= 0.6 is 11.8 Å². The van der Waals surface area contributed by atoms with Crippen LogP contribution in [0.1, 0.15) is 92.1 Å². The van der Waals surface area contributed by atoms with E-state index in [4.69, 9.17) is 14.2 Å². The molecule has 2 aromatic carbocycles. The van der Waals surface area contributed by atoms with Gasteiger partial charge in [0.05, 0.1) is 30.9 Å². The molecule has 7 nitrogen and oxygen atoms in total. The van der Waals surface area contributed by atoms with Gasteiger partial charge in [-0.2, -0.15) is 0 Å². The van der Waals surface area contributed by atoms with Crippen molar-refractivity contribution in [3.63, 3.8) is 0 Å². The Hall–Kier alpha value is -3.00. The van der Waals surface area contributed by atoms with Crippen LogP contribution in [0.5, 0.6) is 17.2 Å². The summed E-state index contributed by atoms with van der Waals surface area (Å²) in [6, 6.07) is 7.10. The minimum atomic E-state index is -0.266. The number of ether oxygens (including phenoxy) is 3. The largest absolute Gasteiger partial charge is 0.507 e. The van der Waals surface area contributed by atoms with Gasteiger partial charge >= 0.3 is 5.97 Å². The van der Waals surface area contributed by atoms with Crippen molar-refractivity contribution in [2.75, 3.05) is 25.6 Å². The zero-order valence-electron chi connectivity index (χ0n) is 23.2. The van der Waals surface area contributed by atoms with Crippen molar-refractivity contribution in [2.45, 2.75) is 78.0 Å². The van der Waals surface area contributed by atoms with E-state index in [0.717, 1.165) is 28.9 Å². The van der Waals surface area contributed by atoms with Gasteiger partial charge in [-0.3, -0.25) is 14.4 Å². The van der Waals surface area contributed by atoms with Gasteiger partial charge in [-0.15, -0.1) is 11.8 Å². The first-order chi connectivity index (χ1) is 18.2. The summed E-state index contributed by atoms with van der Waals surface area (Å²) in [4.78, 5) is 36.7. The fraction of sp³-hybridized carbons (Fsp3) is 0.500. The lowest BCUT2D eigenvalue weighted by molar-refractivity contribution is -0.143. The van der Waals surface area contributed by atoms with Gasteiger partial charge < -0.3 is 19.3 Å². The van der Waals surface area contributed by atoms with Gasteiger partial charge in [0.15, 0.2) is 11.6 Å². The number of aromatic hydroxyl groups is 1. The summed E-state index contributed by atoms with van der Waals surface area (Å²) < 4.78 is 17.2. The molecule has 2 aromatic rings. The topological polar surface area (TPSA) is 99.1 Å². The highest BCUT2D eigenvalue weighted by molar-refractivity contribution is 7.99. The second-order valence-corrected chi connectivity index (χ2v) is 10.1. The van der Waals surface area contributed by atoms with Crippen LogP contribution in [0.3, 0.4) is 0 Å². The Morgan fingerprint density at radius 2 is 1.50 bits per heavy atom. The van der Waals surface area contributed by atoms with Crippen molar-refractivity contribution in [3.05, 3.63) is 46.5 Å². The molecule has 0 aliphatic carbocycles. The summed E-state index contributed by atoms with van der Waals surface area (Å²) in [5.41, 5.74) is 2.48. The van der Waals surface area contributed by atoms with Gasteiger partial charge in [-0.05, 0) is 64.3 Å². The Morgan fingerprint density at radius 1 is 0.842 bits per heavy atom. The minimum absolute atomic E-state index is 0.0695. The summed E-state index contributed by atoms with van der Waals surface area (Å²) in [6.07, 6.45) is 3.79. The van der Waals surface area contributed by atoms with Crippen LogP contribution in [0.4, 0.5) is 0 Å². The van der Waals surface area contributed by atoms with Crippen LogP contribution < -0.4 is 9.47 Å². The first-order valence-electron chi connectivity index (χ1n) is 13.3. The number of rotatable bonds is 17. The monoisotopic (exact) mass is 544 g/mol. The number of hydrogen-bond acceptors (Lipinski definition) is 8. The second-order valence-electron chi connectivity index (χ2n) is 8.92. The van der Waals surface area contributed by atoms with Crippen LogP contribution in [0.15, 0.2) is 29.2 Å². The van der Waals surface area contributed by atoms with E-state index in [9.17, 15) is 19.5 Å². The average molecular weight is 545 g/mol. The smallest absolute Gasteiger partial charge is 0.305 e. The lowest BCUT2D eigenvalue weighted by Crippen LogP contribution is -2.11. The molecule has 0 bridgehead atoms. The maximum Gasteiger partial charge on any atom is 0.305 e. The Bertz CT molecular complexity index is 1110. The molecule has 0 aromatic heterocycles. The predicted molar refractivity (Wildman–Crippen MR) is 150 cm³/mol. The molecular weight excluding hydrogens is 504 g/mol. The number of Topliss-reactive ketones (excluding diaryl/α,β-unsaturated/α-hetero) is 2. The third kappa shape index (κ3) is 8.79. The normalized spacial score (nSPS) is 10.8. The first-order valence-corrected chi connectivity index (χ1v) is 14.3. The second kappa shape index (κ2) is 16.1. The molecule has 0 aliphatic rings. The molecule has 0 fully saturated rings. The Balaban J connectivity index is 2.14. The van der Waals surface area contributed by atoms with E-state index >= 15 is 0 Å². The molecule has 0 spiro atoms. The lowest BCUT2D eigenvalue weighted by atomic mass is 10.0. The van der Waals surface area contributed by atoms with Crippen molar-refractivity contribution in [3.8, 4) is 17.2 Å². The molecule has 0 atom stereocenters. The molecule has 1 N–H and O–H groups in total. The Labute approximate surface area is 230 Å². The molecule has 0 heterocycles. The number of carbonyl (C=O) groups is 3. The minimum Gasteiger partial charge on any atom is -0.507 e. The van der Waals surface area contributed by atoms with E-state index in [2.05, 4.69) is 6.92 Å². The molecule has 0 saturated heterocycles. The van der Waals surface area contributed by atoms with E-state index in [0.29, 0.717) is 60.9 Å². The zero-order valence-corrected chi connectivity index (χ0v) is 24.0. The van der Waals surface area contributed by atoms with Crippen LogP contribution in [0.2, 0.25) is 0 Å². The van der Waals surface area contributed by atoms with E-state index in [1.165, 1.54) is 13.8 Å². The fourth-order valence-electron chi connectivity index (χ4n) is 4.13. The highest BCUT2D eigenvalue weighted by Gasteiger charge is 2.19. The number of benzene rings is 2. The van der Waals surface area contributed by atoms with Gasteiger partial charge in [-0.25, -0.2) is 0 Å². The van der Waals surface area contributed by atoms with Gasteiger partial charge in [0, 0.05) is 28.2 Å². The number of thioether (sulfide) groups is 1. The summed E-state index contributed by atoms with van der Waals surface area (Å²) in [6.45, 7) is 9.86. The maximum absolute atomic E-state index is 12.3. The molecule has 0 saturated carbocycles. The van der Waals surface area contributed by atoms with Gasteiger partial charge in [0.25, 0.3) is 0 Å². The summed E-state index contributed by atoms with van der Waals surface area (Å²) in [5.74, 6) is 1.37. The average Bonchev–Trinajstić information content (AvgIpc) is 2.87. The van der Waals surface area contributed by atoms with Crippen LogP contribution in [-0.2, 0) is 22.4 Å². The molecular formula is C30H40O7S. The van der Waals surface area contributed by atoms with Gasteiger partial charge in [0.2, 0.25) is 0 Å². The van der Waals surface area contributed by atoms with E-state index in [-0.39, 0.29) is 36.3 Å².